The van der Waals surface area contributed by atoms with Gasteiger partial charge < -0.3 is 10.1 Å². The Bertz CT molecular complexity index is 761. The van der Waals surface area contributed by atoms with Crippen molar-refractivity contribution in [1.29, 1.82) is 0 Å². The van der Waals surface area contributed by atoms with E-state index in [0.29, 0.717) is 23.9 Å². The fourth-order valence-corrected chi connectivity index (χ4v) is 5.60. The van der Waals surface area contributed by atoms with E-state index >= 15 is 0 Å². The van der Waals surface area contributed by atoms with E-state index in [4.69, 9.17) is 0 Å². The number of rotatable bonds is 6. The van der Waals surface area contributed by atoms with E-state index in [2.05, 4.69) is 24.4 Å². The first-order valence-corrected chi connectivity index (χ1v) is 10.8. The summed E-state index contributed by atoms with van der Waals surface area (Å²) in [5, 5.41) is 3.64. The Morgan fingerprint density at radius 1 is 1.11 bits per heavy atom. The molecule has 0 unspecified atom stereocenters. The van der Waals surface area contributed by atoms with Crippen LogP contribution in [0.25, 0.3) is 0 Å². The van der Waals surface area contributed by atoms with E-state index in [9.17, 15) is 18.0 Å². The standard InChI is InChI=1S/C21H24F3NOSi/c1-14(15-5-3-2-4-6-15)27-20(26)11-17-12-25-13-19(17)16-7-9-18(10-8-16)21(22,23)24/h2-10,14,17,19,25H,11-13,27H2,1H3/t14-,17+,19-/m0/s1. The van der Waals surface area contributed by atoms with E-state index in [1.54, 1.807) is 12.1 Å². The van der Waals surface area contributed by atoms with Crippen molar-refractivity contribution >= 4 is 14.9 Å². The summed E-state index contributed by atoms with van der Waals surface area (Å²) in [6.07, 6.45) is -3.80. The van der Waals surface area contributed by atoms with Crippen molar-refractivity contribution in [2.75, 3.05) is 13.1 Å². The highest BCUT2D eigenvalue weighted by Crippen LogP contribution is 2.34. The highest BCUT2D eigenvalue weighted by atomic mass is 28.2. The maximum Gasteiger partial charge on any atom is 0.416 e. The molecule has 0 saturated carbocycles. The van der Waals surface area contributed by atoms with Crippen LogP contribution in [-0.2, 0) is 11.0 Å². The molecule has 2 nitrogen and oxygen atoms in total. The Labute approximate surface area is 160 Å². The van der Waals surface area contributed by atoms with Gasteiger partial charge in [-0.2, -0.15) is 13.2 Å². The van der Waals surface area contributed by atoms with Crippen LogP contribution in [0.1, 0.15) is 41.5 Å². The van der Waals surface area contributed by atoms with Crippen LogP contribution in [0, 0.1) is 5.92 Å². The van der Waals surface area contributed by atoms with Gasteiger partial charge in [-0.1, -0.05) is 49.4 Å². The molecule has 1 saturated heterocycles. The normalized spacial score (nSPS) is 21.6. The first-order chi connectivity index (χ1) is 12.8. The van der Waals surface area contributed by atoms with Crippen LogP contribution in [0.3, 0.4) is 0 Å². The molecule has 0 radical (unpaired) electrons. The number of benzene rings is 2. The summed E-state index contributed by atoms with van der Waals surface area (Å²) in [5.74, 6) is 0.252. The molecule has 6 heteroatoms. The zero-order chi connectivity index (χ0) is 19.4. The van der Waals surface area contributed by atoms with Gasteiger partial charge in [0.05, 0.1) is 5.56 Å². The lowest BCUT2D eigenvalue weighted by Crippen LogP contribution is -2.22. The number of alkyl halides is 3. The first-order valence-electron chi connectivity index (χ1n) is 9.29. The monoisotopic (exact) mass is 391 g/mol. The van der Waals surface area contributed by atoms with E-state index in [0.717, 1.165) is 24.2 Å². The molecule has 0 amide bonds. The van der Waals surface area contributed by atoms with Gasteiger partial charge in [0.2, 0.25) is 0 Å². The van der Waals surface area contributed by atoms with Gasteiger partial charge >= 0.3 is 6.18 Å². The molecule has 1 heterocycles. The summed E-state index contributed by atoms with van der Waals surface area (Å²) in [4.78, 5) is 12.6. The van der Waals surface area contributed by atoms with Gasteiger partial charge in [0.1, 0.15) is 14.9 Å². The van der Waals surface area contributed by atoms with Crippen LogP contribution >= 0.6 is 0 Å². The summed E-state index contributed by atoms with van der Waals surface area (Å²) >= 11 is 0. The molecule has 3 rings (SSSR count). The minimum absolute atomic E-state index is 0.0947. The first kappa shape index (κ1) is 19.8. The maximum absolute atomic E-state index is 12.8. The summed E-state index contributed by atoms with van der Waals surface area (Å²) < 4.78 is 38.3. The SMILES string of the molecule is C[C@H]([SiH2]C(=O)C[C@@H]1CNC[C@H]1c1ccc(C(F)(F)F)cc1)c1ccccc1. The van der Waals surface area contributed by atoms with Crippen LogP contribution < -0.4 is 5.32 Å². The van der Waals surface area contributed by atoms with Crippen molar-refractivity contribution in [2.24, 2.45) is 5.92 Å². The predicted molar refractivity (Wildman–Crippen MR) is 104 cm³/mol. The lowest BCUT2D eigenvalue weighted by atomic mass is 9.87. The Balaban J connectivity index is 1.62. The molecular formula is C21H24F3NOSi. The number of carbonyl (C=O) groups excluding carboxylic acids is 1. The molecule has 0 aliphatic carbocycles. The fourth-order valence-electron chi connectivity index (χ4n) is 3.87. The second-order valence-corrected chi connectivity index (χ2v) is 9.82. The zero-order valence-electron chi connectivity index (χ0n) is 15.3. The minimum Gasteiger partial charge on any atom is -0.316 e. The molecule has 1 aliphatic heterocycles. The van der Waals surface area contributed by atoms with E-state index < -0.39 is 21.3 Å². The van der Waals surface area contributed by atoms with Crippen molar-refractivity contribution in [2.45, 2.75) is 31.0 Å². The highest BCUT2D eigenvalue weighted by Gasteiger charge is 2.33. The Morgan fingerprint density at radius 3 is 2.41 bits per heavy atom. The largest absolute Gasteiger partial charge is 0.416 e. The third kappa shape index (κ3) is 5.08. The lowest BCUT2D eigenvalue weighted by molar-refractivity contribution is -0.137. The lowest BCUT2D eigenvalue weighted by Gasteiger charge is -2.20. The Kier molecular flexibility index (Phi) is 6.17. The molecular weight excluding hydrogens is 367 g/mol. The Hall–Kier alpha value is -1.92. The quantitative estimate of drug-likeness (QED) is 0.758. The number of hydrogen-bond acceptors (Lipinski definition) is 2. The molecule has 144 valence electrons. The number of carbonyl (C=O) groups is 1. The number of halogens is 3. The van der Waals surface area contributed by atoms with E-state index in [1.807, 2.05) is 18.2 Å². The van der Waals surface area contributed by atoms with Gasteiger partial charge in [0.25, 0.3) is 0 Å². The Morgan fingerprint density at radius 2 is 1.78 bits per heavy atom. The van der Waals surface area contributed by atoms with Gasteiger partial charge in [0, 0.05) is 18.9 Å². The van der Waals surface area contributed by atoms with Crippen molar-refractivity contribution < 1.29 is 18.0 Å². The fraction of sp³-hybridized carbons (Fsp3) is 0.381. The van der Waals surface area contributed by atoms with Gasteiger partial charge in [-0.05, 0) is 41.3 Å². The second kappa shape index (κ2) is 8.40. The number of nitrogens with one attached hydrogen (secondary N) is 1. The smallest absolute Gasteiger partial charge is 0.316 e. The summed E-state index contributed by atoms with van der Waals surface area (Å²) in [7, 11) is -0.915. The summed E-state index contributed by atoms with van der Waals surface area (Å²) in [6.45, 7) is 3.56. The van der Waals surface area contributed by atoms with Gasteiger partial charge in [-0.15, -0.1) is 0 Å². The van der Waals surface area contributed by atoms with Gasteiger partial charge in [0.15, 0.2) is 0 Å². The van der Waals surface area contributed by atoms with Crippen LogP contribution in [0.15, 0.2) is 54.6 Å². The topological polar surface area (TPSA) is 29.1 Å². The second-order valence-electron chi connectivity index (χ2n) is 7.40. The summed E-state index contributed by atoms with van der Waals surface area (Å²) in [6, 6.07) is 15.5. The van der Waals surface area contributed by atoms with Crippen molar-refractivity contribution in [3.63, 3.8) is 0 Å². The molecule has 0 bridgehead atoms. The van der Waals surface area contributed by atoms with E-state index in [1.165, 1.54) is 5.56 Å². The molecule has 27 heavy (non-hydrogen) atoms. The van der Waals surface area contributed by atoms with Crippen molar-refractivity contribution in [3.8, 4) is 0 Å². The average Bonchev–Trinajstić information content (AvgIpc) is 3.09. The summed E-state index contributed by atoms with van der Waals surface area (Å²) in [5.41, 5.74) is 1.76. The molecule has 1 N–H and O–H groups in total. The molecule has 3 atom stereocenters. The van der Waals surface area contributed by atoms with Crippen LogP contribution in [0.2, 0.25) is 0 Å². The van der Waals surface area contributed by atoms with E-state index in [-0.39, 0.29) is 11.8 Å². The van der Waals surface area contributed by atoms with Gasteiger partial charge in [-0.3, -0.25) is 0 Å². The van der Waals surface area contributed by atoms with Crippen LogP contribution in [0.5, 0.6) is 0 Å². The van der Waals surface area contributed by atoms with Crippen LogP contribution in [-0.4, -0.2) is 28.0 Å². The number of hydrogen-bond donors (Lipinski definition) is 1. The molecule has 0 spiro atoms. The minimum atomic E-state index is -4.32. The zero-order valence-corrected chi connectivity index (χ0v) is 16.7. The molecule has 2 aromatic carbocycles. The highest BCUT2D eigenvalue weighted by molar-refractivity contribution is 6.74. The predicted octanol–water partition coefficient (Wildman–Crippen LogP) is 3.86. The van der Waals surface area contributed by atoms with Crippen molar-refractivity contribution in [3.05, 3.63) is 71.3 Å². The molecule has 0 aromatic heterocycles. The molecule has 2 aromatic rings. The third-order valence-electron chi connectivity index (χ3n) is 5.40. The molecule has 1 fully saturated rings. The van der Waals surface area contributed by atoms with Crippen LogP contribution in [0.4, 0.5) is 13.2 Å². The van der Waals surface area contributed by atoms with Gasteiger partial charge in [-0.25, -0.2) is 0 Å². The van der Waals surface area contributed by atoms with Crippen molar-refractivity contribution in [1.82, 2.24) is 5.32 Å². The third-order valence-corrected chi connectivity index (χ3v) is 7.23. The molecule has 1 aliphatic rings. The average molecular weight is 392 g/mol. The maximum atomic E-state index is 12.8.